The van der Waals surface area contributed by atoms with Crippen molar-refractivity contribution in [2.75, 3.05) is 0 Å². The van der Waals surface area contributed by atoms with Crippen molar-refractivity contribution in [2.24, 2.45) is 9.98 Å². The van der Waals surface area contributed by atoms with Crippen LogP contribution in [0.5, 0.6) is 0 Å². The Morgan fingerprint density at radius 2 is 1.06 bits per heavy atom. The zero-order valence-corrected chi connectivity index (χ0v) is 41.8. The molecule has 0 unspecified atom stereocenters. The van der Waals surface area contributed by atoms with E-state index < -0.39 is 0 Å². The second-order valence-electron chi connectivity index (χ2n) is 19.7. The highest BCUT2D eigenvalue weighted by Crippen LogP contribution is 2.43. The molecule has 1 aliphatic rings. The number of fused-ring (bicyclic) bond motifs is 10. The molecule has 0 spiro atoms. The summed E-state index contributed by atoms with van der Waals surface area (Å²) in [4.78, 5) is 20.1. The SMILES string of the molecule is C=Nc1c(C(=NCc2ccccc2)C2=CCCC=C2)oc2ccc(-n3c4ccccc4c4cc(-c5ccc6c(c5)c5ccccc5n6-c5ccc6oc7c(-c8ccccc8)nc(-c8ccccc8)nc7c6c5)ccc43)cc12. The Morgan fingerprint density at radius 1 is 0.494 bits per heavy atom. The molecule has 0 saturated carbocycles. The van der Waals surface area contributed by atoms with Gasteiger partial charge in [0.2, 0.25) is 0 Å². The maximum atomic E-state index is 6.70. The van der Waals surface area contributed by atoms with Crippen LogP contribution >= 0.6 is 0 Å². The summed E-state index contributed by atoms with van der Waals surface area (Å²) in [5.74, 6) is 1.29. The molecule has 0 aliphatic heterocycles. The fourth-order valence-corrected chi connectivity index (χ4v) is 11.5. The van der Waals surface area contributed by atoms with E-state index in [0.29, 0.717) is 29.4 Å². The predicted octanol–water partition coefficient (Wildman–Crippen LogP) is 17.9. The highest BCUT2D eigenvalue weighted by Gasteiger charge is 2.24. The quantitative estimate of drug-likeness (QED) is 0.128. The summed E-state index contributed by atoms with van der Waals surface area (Å²) in [5, 5.41) is 6.49. The number of allylic oxidation sites excluding steroid dienone is 4. The molecular weight excluding hydrogens is 945 g/mol. The van der Waals surface area contributed by atoms with E-state index in [4.69, 9.17) is 23.8 Å². The van der Waals surface area contributed by atoms with Gasteiger partial charge in [-0.15, -0.1) is 0 Å². The topological polar surface area (TPSA) is 86.6 Å². The minimum absolute atomic E-state index is 0.520. The normalized spacial score (nSPS) is 13.0. The molecule has 0 bridgehead atoms. The average Bonchev–Trinajstić information content (AvgIpc) is 4.46. The standard InChI is InChI=1S/C69H46N6O2/c1-70-65-55-40-49(32-36-61(55)76-67(65)63(44-20-8-3-9-21-44)71-42-43-18-6-2-7-19-43)74-57-28-16-14-26-51(57)53-38-47(30-34-59(53)74)48-31-35-60-54(39-48)52-27-15-17-29-58(52)75(60)50-33-37-62-56(41-50)66-68(77-62)64(45-22-10-4-11-23-45)72-69(73-66)46-24-12-5-13-25-46/h2,4-8,10-41H,1,3,9,42H2. The minimum Gasteiger partial charge on any atom is -0.452 e. The molecule has 8 heteroatoms. The number of benzene rings is 9. The number of aromatic nitrogens is 4. The largest absolute Gasteiger partial charge is 0.452 e. The molecule has 0 atom stereocenters. The van der Waals surface area contributed by atoms with Gasteiger partial charge in [-0.05, 0) is 115 Å². The molecule has 0 saturated heterocycles. The molecule has 0 amide bonds. The van der Waals surface area contributed by atoms with Crippen molar-refractivity contribution in [3.63, 3.8) is 0 Å². The molecule has 15 rings (SSSR count). The van der Waals surface area contributed by atoms with Crippen LogP contribution in [-0.2, 0) is 6.54 Å². The van der Waals surface area contributed by atoms with E-state index in [9.17, 15) is 0 Å². The predicted molar refractivity (Wildman–Crippen MR) is 316 cm³/mol. The fourth-order valence-electron chi connectivity index (χ4n) is 11.5. The number of hydrogen-bond donors (Lipinski definition) is 0. The van der Waals surface area contributed by atoms with Crippen molar-refractivity contribution in [1.82, 2.24) is 19.1 Å². The zero-order chi connectivity index (χ0) is 51.0. The first-order chi connectivity index (χ1) is 38.1. The van der Waals surface area contributed by atoms with E-state index >= 15 is 0 Å². The van der Waals surface area contributed by atoms with E-state index in [0.717, 1.165) is 124 Å². The van der Waals surface area contributed by atoms with Gasteiger partial charge in [0.25, 0.3) is 0 Å². The van der Waals surface area contributed by atoms with Crippen molar-refractivity contribution in [2.45, 2.75) is 19.4 Å². The lowest BCUT2D eigenvalue weighted by molar-refractivity contribution is 0.605. The Hall–Kier alpha value is -10.2. The summed E-state index contributed by atoms with van der Waals surface area (Å²) in [6.45, 7) is 4.59. The van der Waals surface area contributed by atoms with Crippen LogP contribution in [0.1, 0.15) is 24.2 Å². The summed E-state index contributed by atoms with van der Waals surface area (Å²) in [7, 11) is 0. The second kappa shape index (κ2) is 18.0. The maximum Gasteiger partial charge on any atom is 0.180 e. The summed E-state index contributed by atoms with van der Waals surface area (Å²) in [5.41, 5.74) is 18.0. The third-order valence-electron chi connectivity index (χ3n) is 15.1. The van der Waals surface area contributed by atoms with Gasteiger partial charge >= 0.3 is 0 Å². The first kappa shape index (κ1) is 44.3. The van der Waals surface area contributed by atoms with Crippen molar-refractivity contribution < 1.29 is 8.83 Å². The number of aliphatic imine (C=N–C) groups is 2. The van der Waals surface area contributed by atoms with Crippen LogP contribution in [0.25, 0.3) is 122 Å². The Kier molecular flexibility index (Phi) is 10.4. The number of nitrogens with zero attached hydrogens (tertiary/aromatic N) is 6. The molecule has 14 aromatic rings. The lowest BCUT2D eigenvalue weighted by atomic mass is 10.00. The van der Waals surface area contributed by atoms with Crippen LogP contribution < -0.4 is 0 Å². The summed E-state index contributed by atoms with van der Waals surface area (Å²) in [6.07, 6.45) is 8.52. The average molecular weight is 991 g/mol. The highest BCUT2D eigenvalue weighted by molar-refractivity contribution is 6.19. The smallest absolute Gasteiger partial charge is 0.180 e. The number of rotatable bonds is 10. The Labute approximate surface area is 442 Å². The Bertz CT molecular complexity index is 4780. The van der Waals surface area contributed by atoms with E-state index in [1.54, 1.807) is 0 Å². The van der Waals surface area contributed by atoms with Crippen molar-refractivity contribution in [1.29, 1.82) is 0 Å². The van der Waals surface area contributed by atoms with Crippen LogP contribution in [0.4, 0.5) is 5.69 Å². The third-order valence-corrected chi connectivity index (χ3v) is 15.1. The molecule has 77 heavy (non-hydrogen) atoms. The first-order valence-electron chi connectivity index (χ1n) is 26.1. The van der Waals surface area contributed by atoms with Crippen molar-refractivity contribution in [3.8, 4) is 45.1 Å². The Morgan fingerprint density at radius 3 is 1.69 bits per heavy atom. The van der Waals surface area contributed by atoms with E-state index in [1.165, 1.54) is 16.2 Å². The van der Waals surface area contributed by atoms with Crippen molar-refractivity contribution in [3.05, 3.63) is 247 Å². The van der Waals surface area contributed by atoms with Crippen molar-refractivity contribution >= 4 is 94.8 Å². The molecule has 5 heterocycles. The van der Waals surface area contributed by atoms with Gasteiger partial charge in [0.15, 0.2) is 17.2 Å². The molecule has 9 aromatic carbocycles. The zero-order valence-electron chi connectivity index (χ0n) is 41.8. The van der Waals surface area contributed by atoms with Gasteiger partial charge in [-0.25, -0.2) is 9.97 Å². The van der Waals surface area contributed by atoms with E-state index in [2.05, 4.69) is 197 Å². The highest BCUT2D eigenvalue weighted by atomic mass is 16.3. The van der Waals surface area contributed by atoms with Crippen LogP contribution in [-0.4, -0.2) is 31.5 Å². The molecule has 8 nitrogen and oxygen atoms in total. The van der Waals surface area contributed by atoms with Gasteiger partial charge in [0.1, 0.15) is 33.8 Å². The monoisotopic (exact) mass is 990 g/mol. The second-order valence-corrected chi connectivity index (χ2v) is 19.7. The van der Waals surface area contributed by atoms with Gasteiger partial charge in [-0.3, -0.25) is 9.98 Å². The molecule has 1 aliphatic carbocycles. The third kappa shape index (κ3) is 7.36. The number of para-hydroxylation sites is 2. The van der Waals surface area contributed by atoms with Gasteiger partial charge < -0.3 is 18.0 Å². The maximum absolute atomic E-state index is 6.70. The molecule has 0 fully saturated rings. The summed E-state index contributed by atoms with van der Waals surface area (Å²) < 4.78 is 18.0. The van der Waals surface area contributed by atoms with Gasteiger partial charge in [-0.1, -0.05) is 158 Å². The summed E-state index contributed by atoms with van der Waals surface area (Å²) in [6, 6.07) is 74.5. The van der Waals surface area contributed by atoms with Gasteiger partial charge in [0.05, 0.1) is 28.6 Å². The summed E-state index contributed by atoms with van der Waals surface area (Å²) >= 11 is 0. The van der Waals surface area contributed by atoms with E-state index in [-0.39, 0.29) is 0 Å². The lowest BCUT2D eigenvalue weighted by Crippen LogP contribution is -2.05. The van der Waals surface area contributed by atoms with Crippen LogP contribution in [0, 0.1) is 0 Å². The number of furan rings is 2. The molecule has 0 N–H and O–H groups in total. The van der Waals surface area contributed by atoms with Gasteiger partial charge in [0, 0.05) is 54.8 Å². The van der Waals surface area contributed by atoms with Gasteiger partial charge in [-0.2, -0.15) is 0 Å². The van der Waals surface area contributed by atoms with Crippen LogP contribution in [0.15, 0.2) is 255 Å². The fraction of sp³-hybridized carbons (Fsp3) is 0.0435. The Balaban J connectivity index is 0.834. The number of hydrogen-bond acceptors (Lipinski definition) is 6. The lowest BCUT2D eigenvalue weighted by Gasteiger charge is -2.10. The minimum atomic E-state index is 0.520. The molecule has 364 valence electrons. The molecule has 0 radical (unpaired) electrons. The molecular formula is C69H46N6O2. The van der Waals surface area contributed by atoms with E-state index in [1.807, 2.05) is 54.6 Å². The van der Waals surface area contributed by atoms with Crippen LogP contribution in [0.3, 0.4) is 0 Å². The van der Waals surface area contributed by atoms with Crippen LogP contribution in [0.2, 0.25) is 0 Å². The molecule has 5 aromatic heterocycles. The first-order valence-corrected chi connectivity index (χ1v) is 26.1.